The first-order valence-corrected chi connectivity index (χ1v) is 15.2. The molecule has 7 rings (SSSR count). The topological polar surface area (TPSA) is 92.3 Å². The maximum atomic E-state index is 14.1. The molecule has 44 heavy (non-hydrogen) atoms. The highest BCUT2D eigenvalue weighted by Gasteiger charge is 2.36. The summed E-state index contributed by atoms with van der Waals surface area (Å²) in [5.74, 6) is 1.57. The van der Waals surface area contributed by atoms with Crippen LogP contribution in [0.1, 0.15) is 29.9 Å². The van der Waals surface area contributed by atoms with E-state index in [1.807, 2.05) is 36.4 Å². The molecule has 0 saturated carbocycles. The smallest absolute Gasteiger partial charge is 0.338 e. The molecule has 0 bridgehead atoms. The molecule has 220 valence electrons. The molecule has 2 aromatic heterocycles. The molecule has 8 nitrogen and oxygen atoms in total. The number of ether oxygens (including phenoxy) is 3. The molecule has 0 amide bonds. The zero-order valence-corrected chi connectivity index (χ0v) is 25.4. The van der Waals surface area contributed by atoms with Gasteiger partial charge in [0.2, 0.25) is 6.79 Å². The molecule has 0 aliphatic carbocycles. The zero-order valence-electron chi connectivity index (χ0n) is 23.1. The van der Waals surface area contributed by atoms with Crippen molar-refractivity contribution in [2.24, 2.45) is 4.99 Å². The molecule has 0 fully saturated rings. The van der Waals surface area contributed by atoms with Crippen molar-refractivity contribution in [3.63, 3.8) is 0 Å². The standard InChI is InChI=1S/C33H22Cl2N2O6S/c1-2-40-32(39)28-29(18-6-4-3-5-7-18)36-33-37(30(28)20-9-12-25-26(15-20)42-17-41-25)31(38)27(44-33)16-21-10-13-24(43-21)19-8-11-22(34)23(35)14-19/h3-16,30H,2,17H2,1H3/b27-16-. The number of esters is 1. The average molecular weight is 646 g/mol. The second kappa shape index (κ2) is 11.5. The van der Waals surface area contributed by atoms with Gasteiger partial charge in [-0.1, -0.05) is 70.9 Å². The Balaban J connectivity index is 1.42. The monoisotopic (exact) mass is 644 g/mol. The summed E-state index contributed by atoms with van der Waals surface area (Å²) in [5, 5.41) is 0.850. The van der Waals surface area contributed by atoms with Gasteiger partial charge in [0.15, 0.2) is 16.3 Å². The van der Waals surface area contributed by atoms with Crippen LogP contribution in [0.5, 0.6) is 11.5 Å². The summed E-state index contributed by atoms with van der Waals surface area (Å²) in [6.07, 6.45) is 1.66. The van der Waals surface area contributed by atoms with E-state index in [1.54, 1.807) is 55.5 Å². The van der Waals surface area contributed by atoms with E-state index in [4.69, 9.17) is 46.8 Å². The first-order valence-electron chi connectivity index (χ1n) is 13.6. The van der Waals surface area contributed by atoms with Gasteiger partial charge < -0.3 is 18.6 Å². The van der Waals surface area contributed by atoms with Crippen molar-refractivity contribution in [3.05, 3.63) is 131 Å². The van der Waals surface area contributed by atoms with E-state index in [0.717, 1.165) is 11.1 Å². The molecular formula is C33H22Cl2N2O6S. The van der Waals surface area contributed by atoms with Crippen molar-refractivity contribution < 1.29 is 23.4 Å². The molecule has 2 aliphatic rings. The van der Waals surface area contributed by atoms with Gasteiger partial charge in [-0.3, -0.25) is 9.36 Å². The Morgan fingerprint density at radius 2 is 1.82 bits per heavy atom. The molecule has 0 saturated heterocycles. The lowest BCUT2D eigenvalue weighted by Gasteiger charge is -2.26. The van der Waals surface area contributed by atoms with Crippen LogP contribution in [0.15, 0.2) is 98.6 Å². The van der Waals surface area contributed by atoms with Crippen LogP contribution in [-0.2, 0) is 9.53 Å². The highest BCUT2D eigenvalue weighted by molar-refractivity contribution is 7.07. The minimum Gasteiger partial charge on any atom is -0.463 e. The number of halogens is 2. The number of hydrogen-bond acceptors (Lipinski definition) is 8. The minimum absolute atomic E-state index is 0.0880. The van der Waals surface area contributed by atoms with Gasteiger partial charge in [-0.05, 0) is 55.0 Å². The lowest BCUT2D eigenvalue weighted by Crippen LogP contribution is -2.40. The van der Waals surface area contributed by atoms with Crippen LogP contribution in [-0.4, -0.2) is 23.9 Å². The van der Waals surface area contributed by atoms with Gasteiger partial charge in [-0.2, -0.15) is 0 Å². The van der Waals surface area contributed by atoms with Crippen molar-refractivity contribution in [1.29, 1.82) is 0 Å². The number of rotatable bonds is 6. The van der Waals surface area contributed by atoms with Crippen molar-refractivity contribution >= 4 is 52.3 Å². The summed E-state index contributed by atoms with van der Waals surface area (Å²) < 4.78 is 24.6. The van der Waals surface area contributed by atoms with Crippen molar-refractivity contribution in [2.45, 2.75) is 13.0 Å². The highest BCUT2D eigenvalue weighted by Crippen LogP contribution is 2.40. The lowest BCUT2D eigenvalue weighted by molar-refractivity contribution is -0.138. The normalized spacial score (nSPS) is 15.7. The Labute approximate surface area is 264 Å². The second-order valence-corrected chi connectivity index (χ2v) is 11.7. The highest BCUT2D eigenvalue weighted by atomic mass is 35.5. The van der Waals surface area contributed by atoms with E-state index < -0.39 is 12.0 Å². The van der Waals surface area contributed by atoms with Crippen LogP contribution >= 0.6 is 34.5 Å². The number of carbonyl (C=O) groups excluding carboxylic acids is 1. The second-order valence-electron chi connectivity index (χ2n) is 9.88. The molecule has 0 radical (unpaired) electrons. The van der Waals surface area contributed by atoms with Crippen molar-refractivity contribution in [1.82, 2.24) is 4.57 Å². The number of hydrogen-bond donors (Lipinski definition) is 0. The Kier molecular flexibility index (Phi) is 7.37. The van der Waals surface area contributed by atoms with E-state index in [1.165, 1.54) is 15.9 Å². The van der Waals surface area contributed by atoms with E-state index >= 15 is 0 Å². The van der Waals surface area contributed by atoms with Gasteiger partial charge in [0, 0.05) is 17.2 Å². The molecular weight excluding hydrogens is 623 g/mol. The molecule has 1 atom stereocenters. The van der Waals surface area contributed by atoms with Crippen LogP contribution in [0.4, 0.5) is 0 Å². The quantitative estimate of drug-likeness (QED) is 0.204. The number of furan rings is 1. The van der Waals surface area contributed by atoms with Gasteiger partial charge in [0.05, 0.1) is 38.5 Å². The maximum Gasteiger partial charge on any atom is 0.338 e. The van der Waals surface area contributed by atoms with Crippen molar-refractivity contribution in [3.8, 4) is 22.8 Å². The minimum atomic E-state index is -0.847. The van der Waals surface area contributed by atoms with E-state index in [2.05, 4.69) is 0 Å². The molecule has 4 heterocycles. The number of aromatic nitrogens is 1. The van der Waals surface area contributed by atoms with Crippen molar-refractivity contribution in [2.75, 3.05) is 13.4 Å². The van der Waals surface area contributed by atoms with Crippen LogP contribution in [0.2, 0.25) is 10.0 Å². The third-order valence-corrected chi connectivity index (χ3v) is 8.91. The average Bonchev–Trinajstić information content (AvgIpc) is 3.77. The summed E-state index contributed by atoms with van der Waals surface area (Å²) in [7, 11) is 0. The van der Waals surface area contributed by atoms with Gasteiger partial charge in [0.1, 0.15) is 11.5 Å². The molecule has 11 heteroatoms. The number of fused-ring (bicyclic) bond motifs is 2. The SMILES string of the molecule is CCOC(=O)C1=C(c2ccccc2)N=c2s/c(=C\c3ccc(-c4ccc(Cl)c(Cl)c4)o3)c(=O)n2C1c1ccc2c(c1)OCO2. The summed E-state index contributed by atoms with van der Waals surface area (Å²) >= 11 is 13.5. The molecule has 1 unspecified atom stereocenters. The van der Waals surface area contributed by atoms with Crippen LogP contribution in [0.3, 0.4) is 0 Å². The summed E-state index contributed by atoms with van der Waals surface area (Å²) in [5.41, 5.74) is 2.45. The number of benzene rings is 3. The lowest BCUT2D eigenvalue weighted by atomic mass is 9.93. The fourth-order valence-corrected chi connectivity index (χ4v) is 6.48. The number of nitrogens with zero attached hydrogens (tertiary/aromatic N) is 2. The van der Waals surface area contributed by atoms with E-state index in [-0.39, 0.29) is 24.5 Å². The Morgan fingerprint density at radius 3 is 2.61 bits per heavy atom. The molecule has 0 N–H and O–H groups in total. The number of carbonyl (C=O) groups is 1. The molecule has 2 aliphatic heterocycles. The van der Waals surface area contributed by atoms with Crippen LogP contribution in [0.25, 0.3) is 23.1 Å². The Morgan fingerprint density at radius 1 is 1.00 bits per heavy atom. The maximum absolute atomic E-state index is 14.1. The zero-order chi connectivity index (χ0) is 30.4. The van der Waals surface area contributed by atoms with Gasteiger partial charge >= 0.3 is 5.97 Å². The summed E-state index contributed by atoms with van der Waals surface area (Å²) in [6.45, 7) is 1.98. The predicted molar refractivity (Wildman–Crippen MR) is 168 cm³/mol. The third kappa shape index (κ3) is 5.02. The molecule has 0 spiro atoms. The fraction of sp³-hybridized carbons (Fsp3) is 0.121. The van der Waals surface area contributed by atoms with Crippen LogP contribution in [0, 0.1) is 0 Å². The van der Waals surface area contributed by atoms with E-state index in [0.29, 0.717) is 53.7 Å². The largest absolute Gasteiger partial charge is 0.463 e. The molecule has 3 aromatic carbocycles. The third-order valence-electron chi connectivity index (χ3n) is 7.19. The number of thiazole rings is 1. The fourth-order valence-electron chi connectivity index (χ4n) is 5.20. The van der Waals surface area contributed by atoms with Gasteiger partial charge in [-0.25, -0.2) is 9.79 Å². The first-order chi connectivity index (χ1) is 21.4. The Hall–Kier alpha value is -4.57. The van der Waals surface area contributed by atoms with Crippen LogP contribution < -0.4 is 24.4 Å². The van der Waals surface area contributed by atoms with Gasteiger partial charge in [0.25, 0.3) is 5.56 Å². The Bertz CT molecular complexity index is 2150. The van der Waals surface area contributed by atoms with E-state index in [9.17, 15) is 9.59 Å². The van der Waals surface area contributed by atoms with Gasteiger partial charge in [-0.15, -0.1) is 0 Å². The first kappa shape index (κ1) is 28.2. The summed E-state index contributed by atoms with van der Waals surface area (Å²) in [4.78, 5) is 33.1. The predicted octanol–water partition coefficient (Wildman–Crippen LogP) is 6.23. The summed E-state index contributed by atoms with van der Waals surface area (Å²) in [6, 6.07) is 22.7. The molecule has 5 aromatic rings.